The molecule has 0 radical (unpaired) electrons. The van der Waals surface area contributed by atoms with Gasteiger partial charge in [-0.05, 0) is 55.3 Å². The van der Waals surface area contributed by atoms with Crippen molar-refractivity contribution < 1.29 is 23.5 Å². The highest BCUT2D eigenvalue weighted by Gasteiger charge is 2.45. The lowest BCUT2D eigenvalue weighted by Gasteiger charge is -2.23. The summed E-state index contributed by atoms with van der Waals surface area (Å²) in [5, 5.41) is 0.601. The van der Waals surface area contributed by atoms with Gasteiger partial charge in [0.1, 0.15) is 22.8 Å². The van der Waals surface area contributed by atoms with Crippen LogP contribution in [0.15, 0.2) is 86.5 Å². The molecule has 0 bridgehead atoms. The average Bonchev–Trinajstić information content (AvgIpc) is 3.50. The Hall–Kier alpha value is -4.28. The lowest BCUT2D eigenvalue weighted by Crippen LogP contribution is -2.29. The summed E-state index contributed by atoms with van der Waals surface area (Å²) in [6.07, 6.45) is 0. The number of esters is 1. The molecule has 1 aliphatic heterocycles. The van der Waals surface area contributed by atoms with Crippen LogP contribution >= 0.6 is 27.3 Å². The van der Waals surface area contributed by atoms with Gasteiger partial charge in [0, 0.05) is 4.47 Å². The number of hydrogen-bond acceptors (Lipinski definition) is 8. The first-order chi connectivity index (χ1) is 19.9. The smallest absolute Gasteiger partial charge is 0.350 e. The predicted molar refractivity (Wildman–Crippen MR) is 159 cm³/mol. The second-order valence-corrected chi connectivity index (χ2v) is 11.3. The van der Waals surface area contributed by atoms with Gasteiger partial charge in [-0.3, -0.25) is 14.5 Å². The molecule has 0 saturated heterocycles. The minimum Gasteiger partial charge on any atom is -0.489 e. The maximum absolute atomic E-state index is 14.0. The van der Waals surface area contributed by atoms with Crippen LogP contribution in [0.2, 0.25) is 0 Å². The summed E-state index contributed by atoms with van der Waals surface area (Å²) in [6.45, 7) is 3.96. The number of anilines is 1. The molecule has 2 aromatic heterocycles. The topological polar surface area (TPSA) is 98.9 Å². The molecule has 8 nitrogen and oxygen atoms in total. The molecule has 0 saturated carbocycles. The molecule has 0 N–H and O–H groups in total. The van der Waals surface area contributed by atoms with E-state index < -0.39 is 17.9 Å². The predicted octanol–water partition coefficient (Wildman–Crippen LogP) is 6.83. The van der Waals surface area contributed by atoms with Crippen molar-refractivity contribution in [1.29, 1.82) is 0 Å². The monoisotopic (exact) mass is 630 g/mol. The van der Waals surface area contributed by atoms with Crippen molar-refractivity contribution in [2.24, 2.45) is 0 Å². The molecule has 206 valence electrons. The Morgan fingerprint density at radius 2 is 1.88 bits per heavy atom. The second-order valence-electron chi connectivity index (χ2n) is 9.37. The van der Waals surface area contributed by atoms with Crippen LogP contribution in [0.4, 0.5) is 5.13 Å². The third-order valence-electron chi connectivity index (χ3n) is 6.71. The Labute approximate surface area is 247 Å². The van der Waals surface area contributed by atoms with Crippen LogP contribution in [-0.2, 0) is 11.3 Å². The Morgan fingerprint density at radius 1 is 1.07 bits per heavy atom. The zero-order valence-electron chi connectivity index (χ0n) is 22.0. The van der Waals surface area contributed by atoms with Gasteiger partial charge in [-0.15, -0.1) is 0 Å². The standard InChI is InChI=1S/C31H23BrN2O6S/c1-3-38-30(37)28-17(2)33-31(41-28)34-25(19-10-7-11-21(14-19)39-16-18-8-5-4-6-9-18)24-26(35)22-15-20(32)12-13-23(22)40-27(24)29(34)36/h4-15,25H,3,16H2,1-2H3. The van der Waals surface area contributed by atoms with Gasteiger partial charge in [0.25, 0.3) is 5.91 Å². The number of ether oxygens (including phenoxy) is 2. The van der Waals surface area contributed by atoms with E-state index in [1.807, 2.05) is 48.5 Å². The highest BCUT2D eigenvalue weighted by atomic mass is 79.9. The summed E-state index contributed by atoms with van der Waals surface area (Å²) in [4.78, 5) is 46.8. The van der Waals surface area contributed by atoms with Gasteiger partial charge < -0.3 is 13.9 Å². The molecule has 10 heteroatoms. The van der Waals surface area contributed by atoms with Gasteiger partial charge in [0.05, 0.1) is 29.3 Å². The molecule has 41 heavy (non-hydrogen) atoms. The van der Waals surface area contributed by atoms with Gasteiger partial charge in [0.2, 0.25) is 5.76 Å². The number of amides is 1. The molecular weight excluding hydrogens is 608 g/mol. The van der Waals surface area contributed by atoms with E-state index in [1.165, 1.54) is 4.90 Å². The number of nitrogens with zero attached hydrogens (tertiary/aromatic N) is 2. The van der Waals surface area contributed by atoms with Crippen LogP contribution < -0.4 is 15.1 Å². The molecule has 3 aromatic carbocycles. The molecule has 0 fully saturated rings. The number of benzene rings is 3. The van der Waals surface area contributed by atoms with Crippen molar-refractivity contribution in [1.82, 2.24) is 4.98 Å². The first-order valence-corrected chi connectivity index (χ1v) is 14.5. The molecule has 1 unspecified atom stereocenters. The maximum atomic E-state index is 14.0. The van der Waals surface area contributed by atoms with E-state index >= 15 is 0 Å². The summed E-state index contributed by atoms with van der Waals surface area (Å²) in [7, 11) is 0. The van der Waals surface area contributed by atoms with Crippen LogP contribution in [-0.4, -0.2) is 23.5 Å². The van der Waals surface area contributed by atoms with Crippen LogP contribution in [0, 0.1) is 6.92 Å². The summed E-state index contributed by atoms with van der Waals surface area (Å²) < 4.78 is 18.0. The van der Waals surface area contributed by atoms with Crippen molar-refractivity contribution in [2.75, 3.05) is 11.5 Å². The molecule has 6 rings (SSSR count). The number of aryl methyl sites for hydroxylation is 1. The quantitative estimate of drug-likeness (QED) is 0.182. The number of carbonyl (C=O) groups is 2. The zero-order valence-corrected chi connectivity index (χ0v) is 24.5. The Balaban J connectivity index is 1.49. The summed E-state index contributed by atoms with van der Waals surface area (Å²) in [5.74, 6) is -0.527. The third-order valence-corrected chi connectivity index (χ3v) is 8.34. The first-order valence-electron chi connectivity index (χ1n) is 12.9. The van der Waals surface area contributed by atoms with Crippen LogP contribution in [0.5, 0.6) is 5.75 Å². The molecule has 0 spiro atoms. The fourth-order valence-corrected chi connectivity index (χ4v) is 6.19. The van der Waals surface area contributed by atoms with Crippen molar-refractivity contribution >= 4 is 55.2 Å². The first kappa shape index (κ1) is 26.9. The molecule has 3 heterocycles. The second kappa shape index (κ2) is 10.9. The van der Waals surface area contributed by atoms with Crippen LogP contribution in [0.3, 0.4) is 0 Å². The number of carbonyl (C=O) groups excluding carboxylic acids is 2. The van der Waals surface area contributed by atoms with Gasteiger partial charge in [-0.2, -0.15) is 0 Å². The largest absolute Gasteiger partial charge is 0.489 e. The maximum Gasteiger partial charge on any atom is 0.350 e. The fraction of sp³-hybridized carbons (Fsp3) is 0.161. The number of rotatable bonds is 7. The lowest BCUT2D eigenvalue weighted by molar-refractivity contribution is 0.0531. The third kappa shape index (κ3) is 4.93. The number of fused-ring (bicyclic) bond motifs is 2. The highest BCUT2D eigenvalue weighted by Crippen LogP contribution is 2.44. The average molecular weight is 632 g/mol. The fourth-order valence-electron chi connectivity index (χ4n) is 4.84. The van der Waals surface area contributed by atoms with Gasteiger partial charge in [-0.1, -0.05) is 69.7 Å². The van der Waals surface area contributed by atoms with Gasteiger partial charge in [0.15, 0.2) is 10.6 Å². The Kier molecular flexibility index (Phi) is 7.19. The van der Waals surface area contributed by atoms with E-state index in [4.69, 9.17) is 13.9 Å². The van der Waals surface area contributed by atoms with E-state index in [9.17, 15) is 14.4 Å². The van der Waals surface area contributed by atoms with E-state index in [1.54, 1.807) is 38.1 Å². The van der Waals surface area contributed by atoms with Crippen molar-refractivity contribution in [3.05, 3.63) is 121 Å². The molecule has 1 atom stereocenters. The number of thiazole rings is 1. The van der Waals surface area contributed by atoms with Crippen molar-refractivity contribution in [2.45, 2.75) is 26.5 Å². The SMILES string of the molecule is CCOC(=O)c1sc(N2C(=O)c3oc4ccc(Br)cc4c(=O)c3C2c2cccc(OCc3ccccc3)c2)nc1C. The molecular formula is C31H23BrN2O6S. The van der Waals surface area contributed by atoms with Crippen molar-refractivity contribution in [3.8, 4) is 5.75 Å². The number of halogens is 1. The summed E-state index contributed by atoms with van der Waals surface area (Å²) >= 11 is 4.46. The summed E-state index contributed by atoms with van der Waals surface area (Å²) in [6, 6.07) is 21.2. The summed E-state index contributed by atoms with van der Waals surface area (Å²) in [5.41, 5.74) is 2.25. The number of aromatic nitrogens is 1. The molecule has 1 amide bonds. The van der Waals surface area contributed by atoms with Gasteiger partial charge in [-0.25, -0.2) is 9.78 Å². The molecule has 1 aliphatic rings. The molecule has 0 aliphatic carbocycles. The zero-order chi connectivity index (χ0) is 28.7. The van der Waals surface area contributed by atoms with E-state index in [-0.39, 0.29) is 33.4 Å². The van der Waals surface area contributed by atoms with E-state index in [2.05, 4.69) is 20.9 Å². The van der Waals surface area contributed by atoms with Crippen molar-refractivity contribution in [3.63, 3.8) is 0 Å². The van der Waals surface area contributed by atoms with Crippen LogP contribution in [0.25, 0.3) is 11.0 Å². The normalized spacial score (nSPS) is 14.4. The number of hydrogen-bond donors (Lipinski definition) is 0. The van der Waals surface area contributed by atoms with Crippen LogP contribution in [0.1, 0.15) is 55.6 Å². The highest BCUT2D eigenvalue weighted by molar-refractivity contribution is 9.10. The van der Waals surface area contributed by atoms with E-state index in [0.717, 1.165) is 16.9 Å². The lowest BCUT2D eigenvalue weighted by atomic mass is 9.98. The Morgan fingerprint density at radius 3 is 2.66 bits per heavy atom. The van der Waals surface area contributed by atoms with E-state index in [0.29, 0.717) is 39.1 Å². The minimum atomic E-state index is -0.863. The van der Waals surface area contributed by atoms with Gasteiger partial charge >= 0.3 is 5.97 Å². The minimum absolute atomic E-state index is 0.0593. The Bertz CT molecular complexity index is 1870. The molecule has 5 aromatic rings.